The van der Waals surface area contributed by atoms with Gasteiger partial charge in [0.25, 0.3) is 0 Å². The van der Waals surface area contributed by atoms with Gasteiger partial charge in [0, 0.05) is 18.5 Å². The van der Waals surface area contributed by atoms with E-state index in [4.69, 9.17) is 4.74 Å². The summed E-state index contributed by atoms with van der Waals surface area (Å²) in [4.78, 5) is 0. The molecule has 2 fully saturated rings. The van der Waals surface area contributed by atoms with Crippen molar-refractivity contribution in [1.82, 2.24) is 5.32 Å². The standard InChI is InChI=1S/C5H8NO/c1-5(2-6-1)3-7-4-5/h3,6H,1-2,4H2. The molecule has 0 aromatic heterocycles. The number of hydrogen-bond donors (Lipinski definition) is 1. The van der Waals surface area contributed by atoms with E-state index in [0.29, 0.717) is 5.41 Å². The highest BCUT2D eigenvalue weighted by Gasteiger charge is 2.44. The summed E-state index contributed by atoms with van der Waals surface area (Å²) in [6.45, 7) is 5.16. The number of nitrogens with one attached hydrogen (secondary N) is 1. The Hall–Kier alpha value is -0.0800. The quantitative estimate of drug-likeness (QED) is 0.452. The zero-order valence-corrected chi connectivity index (χ0v) is 4.11. The van der Waals surface area contributed by atoms with E-state index < -0.39 is 0 Å². The monoisotopic (exact) mass is 98.1 g/mol. The first-order chi connectivity index (χ1) is 3.41. The van der Waals surface area contributed by atoms with Crippen molar-refractivity contribution in [2.75, 3.05) is 19.7 Å². The van der Waals surface area contributed by atoms with Crippen LogP contribution in [0.15, 0.2) is 0 Å². The zero-order chi connectivity index (χ0) is 4.74. The first kappa shape index (κ1) is 3.87. The highest BCUT2D eigenvalue weighted by Crippen LogP contribution is 2.34. The molecule has 2 heteroatoms. The molecule has 1 radical (unpaired) electrons. The van der Waals surface area contributed by atoms with E-state index in [-0.39, 0.29) is 0 Å². The minimum absolute atomic E-state index is 0.486. The fraction of sp³-hybridized carbons (Fsp3) is 0.800. The molecule has 2 nitrogen and oxygen atoms in total. The van der Waals surface area contributed by atoms with Crippen LogP contribution in [0.1, 0.15) is 0 Å². The van der Waals surface area contributed by atoms with Crippen LogP contribution in [-0.4, -0.2) is 19.7 Å². The van der Waals surface area contributed by atoms with Crippen LogP contribution < -0.4 is 5.32 Å². The summed E-state index contributed by atoms with van der Waals surface area (Å²) in [6.07, 6.45) is 0. The van der Waals surface area contributed by atoms with Gasteiger partial charge in [-0.2, -0.15) is 0 Å². The van der Waals surface area contributed by atoms with Crippen LogP contribution in [0.25, 0.3) is 0 Å². The van der Waals surface area contributed by atoms with Crippen molar-refractivity contribution in [3.63, 3.8) is 0 Å². The second kappa shape index (κ2) is 1.01. The summed E-state index contributed by atoms with van der Waals surface area (Å²) in [6, 6.07) is 0. The van der Waals surface area contributed by atoms with Crippen LogP contribution in [0.3, 0.4) is 0 Å². The van der Waals surface area contributed by atoms with Gasteiger partial charge in [0.15, 0.2) is 0 Å². The molecule has 0 saturated carbocycles. The minimum Gasteiger partial charge on any atom is -0.374 e. The van der Waals surface area contributed by atoms with Crippen LogP contribution in [0.4, 0.5) is 0 Å². The van der Waals surface area contributed by atoms with Gasteiger partial charge in [-0.05, 0) is 0 Å². The fourth-order valence-electron chi connectivity index (χ4n) is 0.951. The highest BCUT2D eigenvalue weighted by molar-refractivity contribution is 5.04. The molecule has 0 atom stereocenters. The van der Waals surface area contributed by atoms with Gasteiger partial charge >= 0.3 is 0 Å². The van der Waals surface area contributed by atoms with Crippen LogP contribution in [0, 0.1) is 12.0 Å². The van der Waals surface area contributed by atoms with Crippen LogP contribution in [-0.2, 0) is 4.74 Å². The molecular formula is C5H8NO. The molecule has 39 valence electrons. The number of hydrogen-bond acceptors (Lipinski definition) is 2. The van der Waals surface area contributed by atoms with Gasteiger partial charge in [-0.25, -0.2) is 0 Å². The average molecular weight is 98.1 g/mol. The minimum atomic E-state index is 0.486. The Labute approximate surface area is 42.9 Å². The third-order valence-corrected chi connectivity index (χ3v) is 1.66. The highest BCUT2D eigenvalue weighted by atomic mass is 16.5. The summed E-state index contributed by atoms with van der Waals surface area (Å²) in [5.74, 6) is 0. The molecule has 2 aliphatic rings. The van der Waals surface area contributed by atoms with Crippen molar-refractivity contribution >= 4 is 0 Å². The van der Waals surface area contributed by atoms with Gasteiger partial charge in [-0.3, -0.25) is 0 Å². The first-order valence-electron chi connectivity index (χ1n) is 2.58. The zero-order valence-electron chi connectivity index (χ0n) is 4.11. The SMILES string of the molecule is [CH]1OCC12CNC2. The summed E-state index contributed by atoms with van der Waals surface area (Å²) >= 11 is 0. The maximum Gasteiger partial charge on any atom is 0.0946 e. The van der Waals surface area contributed by atoms with E-state index >= 15 is 0 Å². The Kier molecular flexibility index (Phi) is 0.557. The molecule has 0 aliphatic carbocycles. The number of rotatable bonds is 0. The van der Waals surface area contributed by atoms with Gasteiger partial charge in [0.05, 0.1) is 13.2 Å². The second-order valence-corrected chi connectivity index (χ2v) is 2.39. The maximum atomic E-state index is 4.92. The van der Waals surface area contributed by atoms with E-state index in [1.54, 1.807) is 0 Å². The van der Waals surface area contributed by atoms with E-state index in [9.17, 15) is 0 Å². The lowest BCUT2D eigenvalue weighted by molar-refractivity contribution is -0.0801. The number of ether oxygens (including phenoxy) is 1. The lowest BCUT2D eigenvalue weighted by Crippen LogP contribution is -2.61. The van der Waals surface area contributed by atoms with Crippen LogP contribution >= 0.6 is 0 Å². The second-order valence-electron chi connectivity index (χ2n) is 2.39. The molecule has 0 bridgehead atoms. The van der Waals surface area contributed by atoms with Crippen molar-refractivity contribution in [3.05, 3.63) is 6.61 Å². The van der Waals surface area contributed by atoms with Crippen molar-refractivity contribution in [2.24, 2.45) is 5.41 Å². The smallest absolute Gasteiger partial charge is 0.0946 e. The fourth-order valence-corrected chi connectivity index (χ4v) is 0.951. The van der Waals surface area contributed by atoms with Gasteiger partial charge in [0.1, 0.15) is 0 Å². The topological polar surface area (TPSA) is 21.3 Å². The Balaban J connectivity index is 2.00. The third kappa shape index (κ3) is 0.359. The van der Waals surface area contributed by atoms with E-state index in [1.807, 2.05) is 6.61 Å². The average Bonchev–Trinajstić information content (AvgIpc) is 1.20. The summed E-state index contributed by atoms with van der Waals surface area (Å²) < 4.78 is 4.92. The van der Waals surface area contributed by atoms with Crippen LogP contribution in [0.2, 0.25) is 0 Å². The predicted octanol–water partition coefficient (Wildman–Crippen LogP) is -0.232. The molecule has 2 heterocycles. The Morgan fingerprint density at radius 3 is 2.29 bits per heavy atom. The van der Waals surface area contributed by atoms with Crippen molar-refractivity contribution in [2.45, 2.75) is 0 Å². The van der Waals surface area contributed by atoms with Gasteiger partial charge in [-0.1, -0.05) is 0 Å². The van der Waals surface area contributed by atoms with Gasteiger partial charge in [0.2, 0.25) is 0 Å². The van der Waals surface area contributed by atoms with Gasteiger partial charge in [-0.15, -0.1) is 0 Å². The van der Waals surface area contributed by atoms with Gasteiger partial charge < -0.3 is 10.1 Å². The molecule has 0 unspecified atom stereocenters. The molecular weight excluding hydrogens is 90.1 g/mol. The van der Waals surface area contributed by atoms with Crippen molar-refractivity contribution in [1.29, 1.82) is 0 Å². The van der Waals surface area contributed by atoms with E-state index in [2.05, 4.69) is 5.32 Å². The first-order valence-corrected chi connectivity index (χ1v) is 2.58. The molecule has 0 aromatic carbocycles. The molecule has 2 rings (SSSR count). The summed E-state index contributed by atoms with van der Waals surface area (Å²) in [5, 5.41) is 3.19. The Bertz CT molecular complexity index is 68.6. The molecule has 1 N–H and O–H groups in total. The molecule has 2 saturated heterocycles. The van der Waals surface area contributed by atoms with Crippen molar-refractivity contribution in [3.8, 4) is 0 Å². The normalized spacial score (nSPS) is 34.3. The van der Waals surface area contributed by atoms with E-state index in [1.165, 1.54) is 0 Å². The Morgan fingerprint density at radius 2 is 2.29 bits per heavy atom. The largest absolute Gasteiger partial charge is 0.374 e. The maximum absolute atomic E-state index is 4.92. The lowest BCUT2D eigenvalue weighted by atomic mass is 9.80. The molecule has 0 aromatic rings. The van der Waals surface area contributed by atoms with Crippen LogP contribution in [0.5, 0.6) is 0 Å². The lowest BCUT2D eigenvalue weighted by Gasteiger charge is -2.48. The Morgan fingerprint density at radius 1 is 1.57 bits per heavy atom. The molecule has 2 aliphatic heterocycles. The summed E-state index contributed by atoms with van der Waals surface area (Å²) in [5.41, 5.74) is 0.486. The van der Waals surface area contributed by atoms with Crippen molar-refractivity contribution < 1.29 is 4.74 Å². The van der Waals surface area contributed by atoms with E-state index in [0.717, 1.165) is 19.7 Å². The molecule has 1 spiro atoms. The summed E-state index contributed by atoms with van der Waals surface area (Å²) in [7, 11) is 0. The molecule has 7 heavy (non-hydrogen) atoms. The third-order valence-electron chi connectivity index (χ3n) is 1.66. The predicted molar refractivity (Wildman–Crippen MR) is 25.6 cm³/mol. The molecule has 0 amide bonds.